The normalized spacial score (nSPS) is 20.5. The highest BCUT2D eigenvalue weighted by molar-refractivity contribution is 6.43. The van der Waals surface area contributed by atoms with Crippen molar-refractivity contribution < 1.29 is 0 Å². The zero-order valence-electron chi connectivity index (χ0n) is 8.39. The van der Waals surface area contributed by atoms with Crippen molar-refractivity contribution in [3.63, 3.8) is 0 Å². The Morgan fingerprint density at radius 3 is 3.00 bits per heavy atom. The molecule has 0 aliphatic carbocycles. The fraction of sp³-hybridized carbons (Fsp3) is 0.455. The van der Waals surface area contributed by atoms with Crippen LogP contribution in [0.4, 0.5) is 5.69 Å². The second-order valence-electron chi connectivity index (χ2n) is 3.78. The van der Waals surface area contributed by atoms with Crippen molar-refractivity contribution in [3.8, 4) is 0 Å². The van der Waals surface area contributed by atoms with Gasteiger partial charge >= 0.3 is 0 Å². The largest absolute Gasteiger partial charge is 0.382 e. The highest BCUT2D eigenvalue weighted by Gasteiger charge is 2.14. The van der Waals surface area contributed by atoms with Gasteiger partial charge in [-0.05, 0) is 31.5 Å². The molecule has 1 aliphatic heterocycles. The Hall–Kier alpha value is -0.440. The summed E-state index contributed by atoms with van der Waals surface area (Å²) in [6.45, 7) is 2.02. The van der Waals surface area contributed by atoms with Crippen molar-refractivity contribution in [2.24, 2.45) is 0 Å². The van der Waals surface area contributed by atoms with E-state index in [1.54, 1.807) is 6.07 Å². The SMILES string of the molecule is Clc1cccc(NCC2CCCN2)c1Cl. The molecule has 2 N–H and O–H groups in total. The van der Waals surface area contributed by atoms with Crippen LogP contribution in [0.1, 0.15) is 12.8 Å². The Balaban J connectivity index is 1.95. The Kier molecular flexibility index (Phi) is 3.73. The summed E-state index contributed by atoms with van der Waals surface area (Å²) >= 11 is 12.0. The van der Waals surface area contributed by atoms with Gasteiger partial charge < -0.3 is 10.6 Å². The summed E-state index contributed by atoms with van der Waals surface area (Å²) in [7, 11) is 0. The predicted molar refractivity (Wildman–Crippen MR) is 66.0 cm³/mol. The van der Waals surface area contributed by atoms with Crippen LogP contribution >= 0.6 is 23.2 Å². The average Bonchev–Trinajstić information content (AvgIpc) is 2.73. The Bertz CT molecular complexity index is 335. The van der Waals surface area contributed by atoms with E-state index in [4.69, 9.17) is 23.2 Å². The molecule has 0 spiro atoms. The van der Waals surface area contributed by atoms with Gasteiger partial charge in [0.25, 0.3) is 0 Å². The topological polar surface area (TPSA) is 24.1 Å². The van der Waals surface area contributed by atoms with Crippen LogP contribution in [0.5, 0.6) is 0 Å². The molecule has 1 aromatic carbocycles. The maximum Gasteiger partial charge on any atom is 0.0823 e. The first-order valence-corrected chi connectivity index (χ1v) is 5.94. The molecule has 2 rings (SSSR count). The molecule has 82 valence electrons. The van der Waals surface area contributed by atoms with E-state index in [0.29, 0.717) is 16.1 Å². The highest BCUT2D eigenvalue weighted by atomic mass is 35.5. The number of hydrogen-bond donors (Lipinski definition) is 2. The molecule has 1 fully saturated rings. The van der Waals surface area contributed by atoms with E-state index in [1.165, 1.54) is 12.8 Å². The number of halogens is 2. The third-order valence-electron chi connectivity index (χ3n) is 2.65. The van der Waals surface area contributed by atoms with Crippen molar-refractivity contribution >= 4 is 28.9 Å². The molecular weight excluding hydrogens is 231 g/mol. The minimum absolute atomic E-state index is 0.556. The third kappa shape index (κ3) is 2.77. The highest BCUT2D eigenvalue weighted by Crippen LogP contribution is 2.29. The van der Waals surface area contributed by atoms with E-state index >= 15 is 0 Å². The molecule has 0 bridgehead atoms. The van der Waals surface area contributed by atoms with Crippen LogP contribution in [-0.4, -0.2) is 19.1 Å². The molecule has 0 saturated carbocycles. The Morgan fingerprint density at radius 1 is 1.40 bits per heavy atom. The number of anilines is 1. The first-order chi connectivity index (χ1) is 7.27. The third-order valence-corrected chi connectivity index (χ3v) is 3.47. The summed E-state index contributed by atoms with van der Waals surface area (Å²) in [5.41, 5.74) is 0.915. The number of benzene rings is 1. The lowest BCUT2D eigenvalue weighted by atomic mass is 10.2. The van der Waals surface area contributed by atoms with Crippen molar-refractivity contribution in [1.29, 1.82) is 0 Å². The van der Waals surface area contributed by atoms with Crippen LogP contribution in [0.25, 0.3) is 0 Å². The van der Waals surface area contributed by atoms with E-state index < -0.39 is 0 Å². The van der Waals surface area contributed by atoms with Crippen molar-refractivity contribution in [2.75, 3.05) is 18.4 Å². The molecule has 1 aromatic rings. The van der Waals surface area contributed by atoms with Gasteiger partial charge in [0.2, 0.25) is 0 Å². The van der Waals surface area contributed by atoms with Gasteiger partial charge in [-0.1, -0.05) is 29.3 Å². The molecule has 1 atom stereocenters. The number of rotatable bonds is 3. The monoisotopic (exact) mass is 244 g/mol. The molecule has 1 aliphatic rings. The Labute approximate surface area is 100.0 Å². The van der Waals surface area contributed by atoms with Gasteiger partial charge in [0, 0.05) is 12.6 Å². The summed E-state index contributed by atoms with van der Waals surface area (Å²) in [5, 5.41) is 7.95. The summed E-state index contributed by atoms with van der Waals surface area (Å²) in [6.07, 6.45) is 2.49. The minimum Gasteiger partial charge on any atom is -0.382 e. The van der Waals surface area contributed by atoms with Crippen LogP contribution in [0, 0.1) is 0 Å². The lowest BCUT2D eigenvalue weighted by Crippen LogP contribution is -2.29. The van der Waals surface area contributed by atoms with Gasteiger partial charge in [0.1, 0.15) is 0 Å². The van der Waals surface area contributed by atoms with Gasteiger partial charge in [-0.3, -0.25) is 0 Å². The summed E-state index contributed by atoms with van der Waals surface area (Å²) < 4.78 is 0. The van der Waals surface area contributed by atoms with E-state index in [0.717, 1.165) is 18.8 Å². The van der Waals surface area contributed by atoms with Crippen LogP contribution in [0.3, 0.4) is 0 Å². The molecule has 1 saturated heterocycles. The number of nitrogens with one attached hydrogen (secondary N) is 2. The molecule has 0 amide bonds. The summed E-state index contributed by atoms with van der Waals surface area (Å²) in [5.74, 6) is 0. The molecule has 2 nitrogen and oxygen atoms in total. The predicted octanol–water partition coefficient (Wildman–Crippen LogP) is 3.16. The quantitative estimate of drug-likeness (QED) is 0.854. The number of hydrogen-bond acceptors (Lipinski definition) is 2. The second kappa shape index (κ2) is 5.06. The summed E-state index contributed by atoms with van der Waals surface area (Å²) in [6, 6.07) is 6.20. The van der Waals surface area contributed by atoms with Gasteiger partial charge in [-0.25, -0.2) is 0 Å². The van der Waals surface area contributed by atoms with Crippen LogP contribution < -0.4 is 10.6 Å². The fourth-order valence-electron chi connectivity index (χ4n) is 1.80. The lowest BCUT2D eigenvalue weighted by Gasteiger charge is -2.13. The second-order valence-corrected chi connectivity index (χ2v) is 4.56. The van der Waals surface area contributed by atoms with Crippen LogP contribution in [0.2, 0.25) is 10.0 Å². The van der Waals surface area contributed by atoms with Crippen molar-refractivity contribution in [1.82, 2.24) is 5.32 Å². The van der Waals surface area contributed by atoms with E-state index in [-0.39, 0.29) is 0 Å². The molecule has 1 unspecified atom stereocenters. The minimum atomic E-state index is 0.556. The smallest absolute Gasteiger partial charge is 0.0823 e. The molecule has 15 heavy (non-hydrogen) atoms. The zero-order chi connectivity index (χ0) is 10.7. The Morgan fingerprint density at radius 2 is 2.27 bits per heavy atom. The summed E-state index contributed by atoms with van der Waals surface area (Å²) in [4.78, 5) is 0. The van der Waals surface area contributed by atoms with Crippen LogP contribution in [-0.2, 0) is 0 Å². The maximum absolute atomic E-state index is 6.06. The molecule has 1 heterocycles. The average molecular weight is 245 g/mol. The molecule has 4 heteroatoms. The zero-order valence-corrected chi connectivity index (χ0v) is 9.91. The molecule has 0 radical (unpaired) electrons. The van der Waals surface area contributed by atoms with Gasteiger partial charge in [0.05, 0.1) is 15.7 Å². The fourth-order valence-corrected chi connectivity index (χ4v) is 2.17. The van der Waals surface area contributed by atoms with Crippen LogP contribution in [0.15, 0.2) is 18.2 Å². The van der Waals surface area contributed by atoms with Crippen molar-refractivity contribution in [3.05, 3.63) is 28.2 Å². The van der Waals surface area contributed by atoms with Gasteiger partial charge in [-0.2, -0.15) is 0 Å². The van der Waals surface area contributed by atoms with E-state index in [9.17, 15) is 0 Å². The van der Waals surface area contributed by atoms with E-state index in [2.05, 4.69) is 10.6 Å². The van der Waals surface area contributed by atoms with Crippen molar-refractivity contribution in [2.45, 2.75) is 18.9 Å². The standard InChI is InChI=1S/C11H14Cl2N2/c12-9-4-1-5-10(11(9)13)15-7-8-3-2-6-14-8/h1,4-5,8,14-15H,2-3,6-7H2. The molecular formula is C11H14Cl2N2. The lowest BCUT2D eigenvalue weighted by molar-refractivity contribution is 0.633. The van der Waals surface area contributed by atoms with E-state index in [1.807, 2.05) is 12.1 Å². The molecule has 0 aromatic heterocycles. The van der Waals surface area contributed by atoms with Gasteiger partial charge in [0.15, 0.2) is 0 Å². The maximum atomic E-state index is 6.06. The first-order valence-electron chi connectivity index (χ1n) is 5.18. The first kappa shape index (κ1) is 11.1. The van der Waals surface area contributed by atoms with Gasteiger partial charge in [-0.15, -0.1) is 0 Å².